The molecule has 6 nitrogen and oxygen atoms in total. The number of likely N-dealkylation sites (tertiary alicyclic amines) is 1. The number of nitrogens with one attached hydrogen (secondary N) is 1. The summed E-state index contributed by atoms with van der Waals surface area (Å²) in [5.74, 6) is -0.280. The van der Waals surface area contributed by atoms with Crippen molar-refractivity contribution in [2.75, 3.05) is 25.0 Å². The molecular formula is C22H19Cl2N3O3. The number of nitrogens with zero attached hydrogens (tertiary/aromatic N) is 2. The number of para-hydroxylation sites is 1. The third-order valence-corrected chi connectivity index (χ3v) is 4.95. The van der Waals surface area contributed by atoms with Crippen LogP contribution in [0.2, 0.25) is 10.0 Å². The minimum absolute atomic E-state index is 0.0811. The zero-order valence-electron chi connectivity index (χ0n) is 16.0. The number of hydrogen-bond donors (Lipinski definition) is 1. The van der Waals surface area contributed by atoms with Gasteiger partial charge in [0.25, 0.3) is 11.8 Å². The van der Waals surface area contributed by atoms with Gasteiger partial charge in [-0.05, 0) is 43.2 Å². The van der Waals surface area contributed by atoms with Crippen LogP contribution in [0.1, 0.15) is 18.4 Å². The molecule has 0 saturated carbocycles. The number of ether oxygens (including phenoxy) is 1. The number of benzene rings is 2. The smallest absolute Gasteiger partial charge is 0.266 e. The van der Waals surface area contributed by atoms with Crippen LogP contribution in [0.3, 0.4) is 0 Å². The summed E-state index contributed by atoms with van der Waals surface area (Å²) in [6.45, 7) is 1.39. The fourth-order valence-electron chi connectivity index (χ4n) is 3.06. The van der Waals surface area contributed by atoms with Crippen molar-refractivity contribution in [3.8, 4) is 11.8 Å². The molecule has 0 atom stereocenters. The molecule has 0 bridgehead atoms. The Bertz CT molecular complexity index is 1000. The van der Waals surface area contributed by atoms with Crippen LogP contribution < -0.4 is 10.1 Å². The van der Waals surface area contributed by atoms with Crippen molar-refractivity contribution in [2.24, 2.45) is 0 Å². The quantitative estimate of drug-likeness (QED) is 0.524. The van der Waals surface area contributed by atoms with E-state index < -0.39 is 5.91 Å². The number of nitriles is 1. The lowest BCUT2D eigenvalue weighted by molar-refractivity contribution is -0.132. The van der Waals surface area contributed by atoms with E-state index in [1.54, 1.807) is 29.2 Å². The van der Waals surface area contributed by atoms with Crippen molar-refractivity contribution in [3.63, 3.8) is 0 Å². The summed E-state index contributed by atoms with van der Waals surface area (Å²) in [5.41, 5.74) is 0.759. The van der Waals surface area contributed by atoms with E-state index in [4.69, 9.17) is 27.9 Å². The van der Waals surface area contributed by atoms with Gasteiger partial charge in [-0.25, -0.2) is 0 Å². The SMILES string of the molecule is N#C/C(=C\c1ccccc1OCC(=O)N1CCCC1)C(=O)Nc1cc(Cl)cc(Cl)c1. The van der Waals surface area contributed by atoms with E-state index in [1.165, 1.54) is 24.3 Å². The molecule has 3 rings (SSSR count). The Kier molecular flexibility index (Phi) is 7.34. The maximum atomic E-state index is 12.5. The van der Waals surface area contributed by atoms with Gasteiger partial charge in [-0.2, -0.15) is 5.26 Å². The van der Waals surface area contributed by atoms with Gasteiger partial charge in [0.15, 0.2) is 6.61 Å². The Morgan fingerprint density at radius 3 is 2.47 bits per heavy atom. The zero-order valence-corrected chi connectivity index (χ0v) is 17.5. The van der Waals surface area contributed by atoms with Crippen molar-refractivity contribution < 1.29 is 14.3 Å². The summed E-state index contributed by atoms with van der Waals surface area (Å²) in [6.07, 6.45) is 3.42. The van der Waals surface area contributed by atoms with Crippen molar-refractivity contribution in [1.29, 1.82) is 5.26 Å². The number of hydrogen-bond acceptors (Lipinski definition) is 4. The Morgan fingerprint density at radius 1 is 1.13 bits per heavy atom. The normalized spacial score (nSPS) is 13.6. The minimum atomic E-state index is -0.612. The third kappa shape index (κ3) is 5.76. The lowest BCUT2D eigenvalue weighted by Gasteiger charge is -2.16. The standard InChI is InChI=1S/C22H19Cl2N3O3/c23-17-10-18(24)12-19(11-17)26-22(29)16(13-25)9-15-5-1-2-6-20(15)30-14-21(28)27-7-3-4-8-27/h1-2,5-6,9-12H,3-4,7-8,14H2,(H,26,29)/b16-9+. The average molecular weight is 444 g/mol. The van der Waals surface area contributed by atoms with Gasteiger partial charge in [-0.3, -0.25) is 9.59 Å². The van der Waals surface area contributed by atoms with Gasteiger partial charge in [-0.15, -0.1) is 0 Å². The highest BCUT2D eigenvalue weighted by Gasteiger charge is 2.19. The van der Waals surface area contributed by atoms with Crippen LogP contribution in [0.5, 0.6) is 5.75 Å². The number of carbonyl (C=O) groups is 2. The number of carbonyl (C=O) groups excluding carboxylic acids is 2. The maximum absolute atomic E-state index is 12.5. The second-order valence-corrected chi connectivity index (χ2v) is 7.57. The molecule has 1 aliphatic heterocycles. The number of amides is 2. The Morgan fingerprint density at radius 2 is 1.80 bits per heavy atom. The third-order valence-electron chi connectivity index (χ3n) is 4.51. The maximum Gasteiger partial charge on any atom is 0.266 e. The minimum Gasteiger partial charge on any atom is -0.483 e. The molecule has 1 saturated heterocycles. The molecule has 0 aromatic heterocycles. The number of anilines is 1. The largest absolute Gasteiger partial charge is 0.483 e. The van der Waals surface area contributed by atoms with Gasteiger partial charge in [0.2, 0.25) is 0 Å². The van der Waals surface area contributed by atoms with Crippen LogP contribution in [0.25, 0.3) is 6.08 Å². The van der Waals surface area contributed by atoms with Crippen LogP contribution in [-0.4, -0.2) is 36.4 Å². The van der Waals surface area contributed by atoms with Gasteiger partial charge in [0.05, 0.1) is 0 Å². The molecule has 1 aliphatic rings. The lowest BCUT2D eigenvalue weighted by atomic mass is 10.1. The van der Waals surface area contributed by atoms with Crippen molar-refractivity contribution in [2.45, 2.75) is 12.8 Å². The van der Waals surface area contributed by atoms with Gasteiger partial charge in [-0.1, -0.05) is 41.4 Å². The van der Waals surface area contributed by atoms with Crippen LogP contribution in [0.15, 0.2) is 48.0 Å². The van der Waals surface area contributed by atoms with Crippen LogP contribution in [0.4, 0.5) is 5.69 Å². The second-order valence-electron chi connectivity index (χ2n) is 6.70. The van der Waals surface area contributed by atoms with E-state index in [1.807, 2.05) is 6.07 Å². The summed E-state index contributed by atoms with van der Waals surface area (Å²) in [4.78, 5) is 26.5. The number of rotatable bonds is 6. The second kappa shape index (κ2) is 10.1. The van der Waals surface area contributed by atoms with E-state index in [0.717, 1.165) is 25.9 Å². The molecule has 1 heterocycles. The van der Waals surface area contributed by atoms with Crippen LogP contribution in [0, 0.1) is 11.3 Å². The molecule has 0 spiro atoms. The molecular weight excluding hydrogens is 425 g/mol. The Balaban J connectivity index is 1.74. The first-order valence-corrected chi connectivity index (χ1v) is 10.1. The topological polar surface area (TPSA) is 82.4 Å². The molecule has 0 radical (unpaired) electrons. The van der Waals surface area contributed by atoms with Gasteiger partial charge in [0.1, 0.15) is 17.4 Å². The highest BCUT2D eigenvalue weighted by Crippen LogP contribution is 2.24. The van der Waals surface area contributed by atoms with E-state index in [2.05, 4.69) is 5.32 Å². The molecule has 0 aliphatic carbocycles. The van der Waals surface area contributed by atoms with E-state index in [-0.39, 0.29) is 18.1 Å². The first kappa shape index (κ1) is 21.7. The predicted molar refractivity (Wildman–Crippen MR) is 116 cm³/mol. The van der Waals surface area contributed by atoms with E-state index in [0.29, 0.717) is 27.0 Å². The first-order chi connectivity index (χ1) is 14.5. The Labute approximate surface area is 184 Å². The fourth-order valence-corrected chi connectivity index (χ4v) is 3.58. The lowest BCUT2D eigenvalue weighted by Crippen LogP contribution is -2.32. The molecule has 8 heteroatoms. The molecule has 2 aromatic carbocycles. The molecule has 1 fully saturated rings. The zero-order chi connectivity index (χ0) is 21.5. The Hall–Kier alpha value is -3.01. The summed E-state index contributed by atoms with van der Waals surface area (Å²) in [5, 5.41) is 12.8. The highest BCUT2D eigenvalue weighted by molar-refractivity contribution is 6.35. The average Bonchev–Trinajstić information content (AvgIpc) is 3.25. The van der Waals surface area contributed by atoms with Crippen molar-refractivity contribution in [3.05, 3.63) is 63.6 Å². The summed E-state index contributed by atoms with van der Waals surface area (Å²) < 4.78 is 5.67. The highest BCUT2D eigenvalue weighted by atomic mass is 35.5. The molecule has 154 valence electrons. The van der Waals surface area contributed by atoms with Crippen LogP contribution >= 0.6 is 23.2 Å². The van der Waals surface area contributed by atoms with Gasteiger partial charge < -0.3 is 15.0 Å². The summed E-state index contributed by atoms with van der Waals surface area (Å²) in [7, 11) is 0. The monoisotopic (exact) mass is 443 g/mol. The molecule has 30 heavy (non-hydrogen) atoms. The number of halogens is 2. The van der Waals surface area contributed by atoms with Gasteiger partial charge >= 0.3 is 0 Å². The first-order valence-electron chi connectivity index (χ1n) is 9.35. The van der Waals surface area contributed by atoms with Crippen LogP contribution in [-0.2, 0) is 9.59 Å². The molecule has 1 N–H and O–H groups in total. The van der Waals surface area contributed by atoms with E-state index in [9.17, 15) is 14.9 Å². The van der Waals surface area contributed by atoms with Gasteiger partial charge in [0, 0.05) is 34.4 Å². The summed E-state index contributed by atoms with van der Waals surface area (Å²) in [6, 6.07) is 13.4. The van der Waals surface area contributed by atoms with Crippen molar-refractivity contribution in [1.82, 2.24) is 4.90 Å². The fraction of sp³-hybridized carbons (Fsp3) is 0.227. The molecule has 0 unspecified atom stereocenters. The predicted octanol–water partition coefficient (Wildman–Crippen LogP) is 4.54. The van der Waals surface area contributed by atoms with E-state index >= 15 is 0 Å². The summed E-state index contributed by atoms with van der Waals surface area (Å²) >= 11 is 11.9. The van der Waals surface area contributed by atoms with Crippen molar-refractivity contribution >= 4 is 46.8 Å². The molecule has 2 amide bonds. The molecule has 2 aromatic rings.